The molecule has 14 heavy (non-hydrogen) atoms. The number of nitrogens with zero attached hydrogens (tertiary/aromatic N) is 3. The highest BCUT2D eigenvalue weighted by molar-refractivity contribution is 8.00. The molecule has 5 nitrogen and oxygen atoms in total. The van der Waals surface area contributed by atoms with Crippen LogP contribution in [-0.2, 0) is 17.6 Å². The molecule has 1 heterocycles. The van der Waals surface area contributed by atoms with Crippen molar-refractivity contribution in [1.29, 1.82) is 0 Å². The first-order valence-corrected chi connectivity index (χ1v) is 5.12. The predicted octanol–water partition coefficient (Wildman–Crippen LogP) is 0.911. The molecule has 1 N–H and O–H groups in total. The molecule has 0 fully saturated rings. The number of aromatic nitrogens is 3. The fourth-order valence-corrected chi connectivity index (χ4v) is 1.62. The van der Waals surface area contributed by atoms with Gasteiger partial charge in [0.15, 0.2) is 0 Å². The normalized spacial score (nSPS) is 11.6. The lowest BCUT2D eigenvalue weighted by Crippen LogP contribution is -2.27. The van der Waals surface area contributed by atoms with Gasteiger partial charge in [0.1, 0.15) is 16.9 Å². The Hall–Kier alpha value is -1.04. The Morgan fingerprint density at radius 2 is 2.36 bits per heavy atom. The molecule has 0 unspecified atom stereocenters. The number of hydrogen-bond donors (Lipinski definition) is 1. The Morgan fingerprint density at radius 3 is 2.79 bits per heavy atom. The zero-order valence-electron chi connectivity index (χ0n) is 8.39. The second-order valence-electron chi connectivity index (χ2n) is 3.46. The van der Waals surface area contributed by atoms with Crippen molar-refractivity contribution >= 4 is 17.7 Å². The van der Waals surface area contributed by atoms with Crippen LogP contribution in [0.5, 0.6) is 0 Å². The van der Waals surface area contributed by atoms with Crippen LogP contribution >= 0.6 is 11.8 Å². The van der Waals surface area contributed by atoms with Gasteiger partial charge in [0, 0.05) is 7.05 Å². The van der Waals surface area contributed by atoms with E-state index in [1.54, 1.807) is 24.7 Å². The number of aryl methyl sites for hydroxylation is 1. The van der Waals surface area contributed by atoms with Crippen LogP contribution in [0.4, 0.5) is 0 Å². The van der Waals surface area contributed by atoms with Crippen molar-refractivity contribution in [2.75, 3.05) is 0 Å². The summed E-state index contributed by atoms with van der Waals surface area (Å²) in [6, 6.07) is 0. The highest BCUT2D eigenvalue weighted by atomic mass is 32.2. The van der Waals surface area contributed by atoms with Crippen LogP contribution in [0.15, 0.2) is 6.33 Å². The Morgan fingerprint density at radius 1 is 1.71 bits per heavy atom. The number of carbonyl (C=O) groups is 1. The highest BCUT2D eigenvalue weighted by Crippen LogP contribution is 2.27. The molecular formula is C8H13N3O2S. The number of aliphatic carboxylic acids is 1. The highest BCUT2D eigenvalue weighted by Gasteiger charge is 2.28. The molecular weight excluding hydrogens is 202 g/mol. The first-order valence-electron chi connectivity index (χ1n) is 4.13. The quantitative estimate of drug-likeness (QED) is 0.808. The Labute approximate surface area is 86.5 Å². The minimum Gasteiger partial charge on any atom is -0.480 e. The van der Waals surface area contributed by atoms with Crippen molar-refractivity contribution in [3.63, 3.8) is 0 Å². The lowest BCUT2D eigenvalue weighted by molar-refractivity contribution is -0.138. The summed E-state index contributed by atoms with van der Waals surface area (Å²) >= 11 is 1.34. The standard InChI is InChI=1S/C8H13N3O2S/c1-8(2,7(12)13)14-4-6-10-9-5-11(6)3/h5H,4H2,1-3H3,(H,12,13). The van der Waals surface area contributed by atoms with Crippen LogP contribution in [0.1, 0.15) is 19.7 Å². The molecule has 0 amide bonds. The molecule has 0 atom stereocenters. The van der Waals surface area contributed by atoms with Crippen molar-refractivity contribution < 1.29 is 9.90 Å². The summed E-state index contributed by atoms with van der Waals surface area (Å²) < 4.78 is 0.997. The van der Waals surface area contributed by atoms with Gasteiger partial charge in [-0.05, 0) is 13.8 Å². The minimum absolute atomic E-state index is 0.551. The molecule has 78 valence electrons. The molecule has 0 aromatic carbocycles. The molecule has 1 aromatic heterocycles. The van der Waals surface area contributed by atoms with E-state index in [1.807, 2.05) is 7.05 Å². The van der Waals surface area contributed by atoms with Crippen LogP contribution in [0.3, 0.4) is 0 Å². The number of carboxylic acids is 1. The number of carboxylic acid groups (broad SMARTS) is 1. The van der Waals surface area contributed by atoms with Crippen molar-refractivity contribution in [2.24, 2.45) is 7.05 Å². The van der Waals surface area contributed by atoms with Gasteiger partial charge in [0.2, 0.25) is 0 Å². The maximum Gasteiger partial charge on any atom is 0.319 e. The van der Waals surface area contributed by atoms with Crippen LogP contribution < -0.4 is 0 Å². The third kappa shape index (κ3) is 2.47. The van der Waals surface area contributed by atoms with Crippen molar-refractivity contribution in [1.82, 2.24) is 14.8 Å². The Bertz CT molecular complexity index is 335. The van der Waals surface area contributed by atoms with Crippen LogP contribution in [0, 0.1) is 0 Å². The number of rotatable bonds is 4. The SMILES string of the molecule is Cn1cnnc1CSC(C)(C)C(=O)O. The van der Waals surface area contributed by atoms with Gasteiger partial charge >= 0.3 is 5.97 Å². The Kier molecular flexibility index (Phi) is 3.15. The minimum atomic E-state index is -0.815. The monoisotopic (exact) mass is 215 g/mol. The largest absolute Gasteiger partial charge is 0.480 e. The van der Waals surface area contributed by atoms with E-state index in [0.29, 0.717) is 5.75 Å². The average molecular weight is 215 g/mol. The lowest BCUT2D eigenvalue weighted by atomic mass is 10.2. The fourth-order valence-electron chi connectivity index (χ4n) is 0.745. The maximum absolute atomic E-state index is 10.8. The van der Waals surface area contributed by atoms with Gasteiger partial charge < -0.3 is 9.67 Å². The van der Waals surface area contributed by atoms with Gasteiger partial charge in [-0.2, -0.15) is 0 Å². The van der Waals surface area contributed by atoms with Gasteiger partial charge in [0.05, 0.1) is 5.75 Å². The van der Waals surface area contributed by atoms with Gasteiger partial charge in [-0.15, -0.1) is 22.0 Å². The summed E-state index contributed by atoms with van der Waals surface area (Å²) in [6.07, 6.45) is 1.60. The number of hydrogen-bond acceptors (Lipinski definition) is 4. The first kappa shape index (κ1) is 11.0. The van der Waals surface area contributed by atoms with Gasteiger partial charge in [-0.25, -0.2) is 0 Å². The number of thioether (sulfide) groups is 1. The third-order valence-corrected chi connectivity index (χ3v) is 3.18. The van der Waals surface area contributed by atoms with Crippen LogP contribution in [-0.4, -0.2) is 30.6 Å². The second kappa shape index (κ2) is 4.00. The fraction of sp³-hybridized carbons (Fsp3) is 0.625. The van der Waals surface area contributed by atoms with E-state index < -0.39 is 10.7 Å². The molecule has 0 bridgehead atoms. The van der Waals surface area contributed by atoms with Crippen LogP contribution in [0.2, 0.25) is 0 Å². The van der Waals surface area contributed by atoms with Gasteiger partial charge in [-0.1, -0.05) is 0 Å². The summed E-state index contributed by atoms with van der Waals surface area (Å²) in [7, 11) is 1.84. The van der Waals surface area contributed by atoms with Crippen molar-refractivity contribution in [3.8, 4) is 0 Å². The second-order valence-corrected chi connectivity index (χ2v) is 5.06. The molecule has 1 rings (SSSR count). The molecule has 0 aliphatic carbocycles. The average Bonchev–Trinajstić information content (AvgIpc) is 2.47. The Balaban J connectivity index is 2.57. The van der Waals surface area contributed by atoms with E-state index >= 15 is 0 Å². The smallest absolute Gasteiger partial charge is 0.319 e. The molecule has 0 aliphatic heterocycles. The first-order chi connectivity index (χ1) is 6.43. The van der Waals surface area contributed by atoms with E-state index in [4.69, 9.17) is 5.11 Å². The van der Waals surface area contributed by atoms with Crippen molar-refractivity contribution in [3.05, 3.63) is 12.2 Å². The molecule has 0 saturated carbocycles. The summed E-state index contributed by atoms with van der Waals surface area (Å²) in [4.78, 5) is 10.8. The third-order valence-electron chi connectivity index (χ3n) is 1.88. The van der Waals surface area contributed by atoms with E-state index in [9.17, 15) is 4.79 Å². The zero-order chi connectivity index (χ0) is 10.8. The van der Waals surface area contributed by atoms with E-state index in [1.165, 1.54) is 11.8 Å². The summed E-state index contributed by atoms with van der Waals surface area (Å²) in [5, 5.41) is 16.5. The van der Waals surface area contributed by atoms with Gasteiger partial charge in [0.25, 0.3) is 0 Å². The predicted molar refractivity (Wildman–Crippen MR) is 54.0 cm³/mol. The van der Waals surface area contributed by atoms with Crippen LogP contribution in [0.25, 0.3) is 0 Å². The lowest BCUT2D eigenvalue weighted by Gasteiger charge is -2.17. The molecule has 6 heteroatoms. The topological polar surface area (TPSA) is 68.0 Å². The van der Waals surface area contributed by atoms with Gasteiger partial charge in [-0.3, -0.25) is 4.79 Å². The maximum atomic E-state index is 10.8. The molecule has 1 aromatic rings. The van der Waals surface area contributed by atoms with E-state index in [0.717, 1.165) is 5.82 Å². The van der Waals surface area contributed by atoms with Crippen molar-refractivity contribution in [2.45, 2.75) is 24.3 Å². The zero-order valence-corrected chi connectivity index (χ0v) is 9.21. The summed E-state index contributed by atoms with van der Waals surface area (Å²) in [6.45, 7) is 3.35. The van der Waals surface area contributed by atoms with E-state index in [2.05, 4.69) is 10.2 Å². The molecule has 0 aliphatic rings. The molecule has 0 spiro atoms. The molecule has 0 radical (unpaired) electrons. The molecule has 0 saturated heterocycles. The van der Waals surface area contributed by atoms with E-state index in [-0.39, 0.29) is 0 Å². The summed E-state index contributed by atoms with van der Waals surface area (Å²) in [5.41, 5.74) is 0. The summed E-state index contributed by atoms with van der Waals surface area (Å²) in [5.74, 6) is 0.518.